The molecule has 8 N–H and O–H groups in total. The molecule has 1 aromatic heterocycles. The molecule has 9 nitrogen and oxygen atoms in total. The smallest absolute Gasteiger partial charge is 0.412 e. The number of anilines is 3. The van der Waals surface area contributed by atoms with Gasteiger partial charge in [0.1, 0.15) is 5.60 Å². The van der Waals surface area contributed by atoms with Crippen molar-refractivity contribution in [3.05, 3.63) is 18.0 Å². The van der Waals surface area contributed by atoms with E-state index in [-0.39, 0.29) is 12.4 Å². The van der Waals surface area contributed by atoms with Crippen molar-refractivity contribution >= 4 is 35.1 Å². The van der Waals surface area contributed by atoms with Crippen LogP contribution in [0.4, 0.5) is 22.0 Å². The van der Waals surface area contributed by atoms with E-state index in [1.807, 2.05) is 0 Å². The molecule has 132 valence electrons. The summed E-state index contributed by atoms with van der Waals surface area (Å²) < 4.78 is 5.23. The third kappa shape index (κ3) is 5.43. The van der Waals surface area contributed by atoms with Crippen LogP contribution in [-0.4, -0.2) is 36.6 Å². The number of aromatic nitrogens is 1. The first-order chi connectivity index (χ1) is 11.2. The molecule has 0 bridgehead atoms. The number of aliphatic imine (C=N–C) groups is 1. The number of rotatable bonds is 5. The van der Waals surface area contributed by atoms with Crippen molar-refractivity contribution in [3.63, 3.8) is 0 Å². The summed E-state index contributed by atoms with van der Waals surface area (Å²) in [7, 11) is 1.61. The van der Waals surface area contributed by atoms with Crippen molar-refractivity contribution in [1.82, 2.24) is 4.98 Å². The zero-order valence-corrected chi connectivity index (χ0v) is 14.4. The van der Waals surface area contributed by atoms with Gasteiger partial charge in [0.25, 0.3) is 0 Å². The Bertz CT molecular complexity index is 648. The van der Waals surface area contributed by atoms with Crippen LogP contribution in [0.1, 0.15) is 26.5 Å². The maximum absolute atomic E-state index is 12.0. The van der Waals surface area contributed by atoms with E-state index in [1.165, 1.54) is 6.20 Å². The van der Waals surface area contributed by atoms with Gasteiger partial charge in [-0.1, -0.05) is 0 Å². The Kier molecular flexibility index (Phi) is 6.54. The lowest BCUT2D eigenvalue weighted by Crippen LogP contribution is -2.27. The van der Waals surface area contributed by atoms with Crippen LogP contribution in [0.15, 0.2) is 17.3 Å². The van der Waals surface area contributed by atoms with Crippen molar-refractivity contribution in [2.45, 2.75) is 26.4 Å². The molecule has 0 aliphatic rings. The number of carbonyl (C=O) groups is 1. The molecule has 0 aliphatic carbocycles. The third-order valence-electron chi connectivity index (χ3n) is 2.71. The first-order valence-corrected chi connectivity index (χ1v) is 7.30. The van der Waals surface area contributed by atoms with Gasteiger partial charge in [0.2, 0.25) is 0 Å². The van der Waals surface area contributed by atoms with Gasteiger partial charge in [0.15, 0.2) is 5.82 Å². The Balaban J connectivity index is 3.27. The summed E-state index contributed by atoms with van der Waals surface area (Å²) in [6.07, 6.45) is 2.27. The van der Waals surface area contributed by atoms with Gasteiger partial charge < -0.3 is 27.3 Å². The molecular weight excluding hydrogens is 310 g/mol. The highest BCUT2D eigenvalue weighted by molar-refractivity contribution is 6.09. The van der Waals surface area contributed by atoms with Crippen molar-refractivity contribution in [3.8, 4) is 0 Å². The van der Waals surface area contributed by atoms with Gasteiger partial charge in [-0.05, 0) is 26.8 Å². The molecule has 0 saturated heterocycles. The molecule has 0 atom stereocenters. The SMILES string of the molecule is CN=CC(=CN)c1cc(NC(=O)OC(C)(C)C)c(N)c(NCN)n1. The lowest BCUT2D eigenvalue weighted by molar-refractivity contribution is 0.0636. The number of hydrogen-bond acceptors (Lipinski definition) is 8. The zero-order chi connectivity index (χ0) is 18.3. The second kappa shape index (κ2) is 8.16. The van der Waals surface area contributed by atoms with E-state index in [4.69, 9.17) is 21.9 Å². The number of allylic oxidation sites excluding steroid dienone is 1. The minimum Gasteiger partial charge on any atom is -0.444 e. The number of nitrogen functional groups attached to an aromatic ring is 1. The summed E-state index contributed by atoms with van der Waals surface area (Å²) in [4.78, 5) is 20.3. The van der Waals surface area contributed by atoms with Gasteiger partial charge in [0, 0.05) is 25.0 Å². The standard InChI is InChI=1S/C15H25N7O2/c1-15(2,3)24-14(23)22-11-5-10(9(6-16)7-19-4)21-13(12(11)18)20-8-17/h5-7H,8,16-18H2,1-4H3,(H2,20,21,22,23). The Morgan fingerprint density at radius 3 is 2.62 bits per heavy atom. The monoisotopic (exact) mass is 335 g/mol. The maximum atomic E-state index is 12.0. The topological polar surface area (TPSA) is 154 Å². The number of nitrogens with one attached hydrogen (secondary N) is 2. The quantitative estimate of drug-likeness (QED) is 0.402. The van der Waals surface area contributed by atoms with Gasteiger partial charge >= 0.3 is 6.09 Å². The van der Waals surface area contributed by atoms with Crippen LogP contribution in [0.2, 0.25) is 0 Å². The molecular formula is C15H25N7O2. The zero-order valence-electron chi connectivity index (χ0n) is 14.4. The molecule has 0 saturated carbocycles. The highest BCUT2D eigenvalue weighted by Crippen LogP contribution is 2.29. The van der Waals surface area contributed by atoms with Crippen LogP contribution in [-0.2, 0) is 4.74 Å². The first-order valence-electron chi connectivity index (χ1n) is 7.30. The minimum absolute atomic E-state index is 0.121. The number of carbonyl (C=O) groups excluding carboxylic acids is 1. The molecule has 0 spiro atoms. The summed E-state index contributed by atoms with van der Waals surface area (Å²) in [6, 6.07) is 1.58. The van der Waals surface area contributed by atoms with E-state index in [0.29, 0.717) is 22.8 Å². The summed E-state index contributed by atoms with van der Waals surface area (Å²) in [5.74, 6) is 0.324. The van der Waals surface area contributed by atoms with Crippen LogP contribution in [0.3, 0.4) is 0 Å². The van der Waals surface area contributed by atoms with Gasteiger partial charge in [-0.3, -0.25) is 10.3 Å². The lowest BCUT2D eigenvalue weighted by Gasteiger charge is -2.21. The third-order valence-corrected chi connectivity index (χ3v) is 2.71. The number of ether oxygens (including phenoxy) is 1. The summed E-state index contributed by atoms with van der Waals surface area (Å²) in [5.41, 5.74) is 18.1. The van der Waals surface area contributed by atoms with Gasteiger partial charge in [-0.15, -0.1) is 0 Å². The summed E-state index contributed by atoms with van der Waals surface area (Å²) in [5, 5.41) is 5.44. The molecule has 0 unspecified atom stereocenters. The van der Waals surface area contributed by atoms with E-state index < -0.39 is 11.7 Å². The number of nitrogens with zero attached hydrogens (tertiary/aromatic N) is 2. The second-order valence-corrected chi connectivity index (χ2v) is 5.83. The molecule has 1 rings (SSSR count). The molecule has 0 aromatic carbocycles. The predicted molar refractivity (Wildman–Crippen MR) is 97.8 cm³/mol. The molecule has 0 aliphatic heterocycles. The second-order valence-electron chi connectivity index (χ2n) is 5.83. The highest BCUT2D eigenvalue weighted by Gasteiger charge is 2.19. The van der Waals surface area contributed by atoms with Crippen LogP contribution in [0.25, 0.3) is 5.57 Å². The molecule has 0 radical (unpaired) electrons. The van der Waals surface area contributed by atoms with E-state index >= 15 is 0 Å². The van der Waals surface area contributed by atoms with Crippen LogP contribution in [0.5, 0.6) is 0 Å². The van der Waals surface area contributed by atoms with Crippen molar-refractivity contribution < 1.29 is 9.53 Å². The van der Waals surface area contributed by atoms with E-state index in [0.717, 1.165) is 0 Å². The van der Waals surface area contributed by atoms with Gasteiger partial charge in [-0.25, -0.2) is 9.78 Å². The fraction of sp³-hybridized carbons (Fsp3) is 0.400. The summed E-state index contributed by atoms with van der Waals surface area (Å²) >= 11 is 0. The average molecular weight is 335 g/mol. The summed E-state index contributed by atoms with van der Waals surface area (Å²) in [6.45, 7) is 5.42. The van der Waals surface area contributed by atoms with Crippen LogP contribution >= 0.6 is 0 Å². The fourth-order valence-corrected chi connectivity index (χ4v) is 1.78. The Hall–Kier alpha value is -2.81. The molecule has 0 fully saturated rings. The molecule has 1 aromatic rings. The largest absolute Gasteiger partial charge is 0.444 e. The van der Waals surface area contributed by atoms with Gasteiger partial charge in [-0.2, -0.15) is 0 Å². The molecule has 24 heavy (non-hydrogen) atoms. The molecule has 9 heteroatoms. The van der Waals surface area contributed by atoms with Crippen LogP contribution in [0, 0.1) is 0 Å². The van der Waals surface area contributed by atoms with Crippen LogP contribution < -0.4 is 27.8 Å². The average Bonchev–Trinajstić information content (AvgIpc) is 2.47. The maximum Gasteiger partial charge on any atom is 0.412 e. The highest BCUT2D eigenvalue weighted by atomic mass is 16.6. The van der Waals surface area contributed by atoms with Crippen molar-refractivity contribution in [1.29, 1.82) is 0 Å². The Morgan fingerprint density at radius 1 is 1.46 bits per heavy atom. The normalized spacial score (nSPS) is 12.3. The Morgan fingerprint density at radius 2 is 2.12 bits per heavy atom. The number of hydrogen-bond donors (Lipinski definition) is 5. The van der Waals surface area contributed by atoms with Crippen molar-refractivity contribution in [2.75, 3.05) is 30.1 Å². The van der Waals surface area contributed by atoms with Gasteiger partial charge in [0.05, 0.1) is 23.7 Å². The first kappa shape index (κ1) is 19.2. The lowest BCUT2D eigenvalue weighted by atomic mass is 10.1. The predicted octanol–water partition coefficient (Wildman–Crippen LogP) is 1.34. The number of amides is 1. The minimum atomic E-state index is -0.635. The molecule has 1 heterocycles. The number of pyridine rings is 1. The van der Waals surface area contributed by atoms with E-state index in [9.17, 15) is 4.79 Å². The Labute approximate surface area is 141 Å². The fourth-order valence-electron chi connectivity index (χ4n) is 1.78. The number of nitrogens with two attached hydrogens (primary N) is 3. The van der Waals surface area contributed by atoms with E-state index in [2.05, 4.69) is 20.6 Å². The van der Waals surface area contributed by atoms with Crippen molar-refractivity contribution in [2.24, 2.45) is 16.5 Å². The van der Waals surface area contributed by atoms with E-state index in [1.54, 1.807) is 40.1 Å². The molecule has 1 amide bonds.